The first-order valence-corrected chi connectivity index (χ1v) is 14.4. The Morgan fingerprint density at radius 2 is 1.00 bits per heavy atom. The van der Waals surface area contributed by atoms with Crippen LogP contribution in [0.2, 0.25) is 0 Å². The van der Waals surface area contributed by atoms with E-state index in [1.165, 1.54) is 23.8 Å². The predicted molar refractivity (Wildman–Crippen MR) is 134 cm³/mol. The maximum Gasteiger partial charge on any atom is 0.338 e. The number of ether oxygens (including phenoxy) is 1. The molecule has 2 nitrogen and oxygen atoms in total. The molecule has 0 aliphatic rings. The van der Waals surface area contributed by atoms with Crippen LogP contribution in [0.1, 0.15) is 93.6 Å². The summed E-state index contributed by atoms with van der Waals surface area (Å²) in [6.07, 6.45) is 2.20. The Morgan fingerprint density at radius 3 is 1.24 bits per heavy atom. The summed E-state index contributed by atoms with van der Waals surface area (Å²) in [4.78, 5) is 12.8. The van der Waals surface area contributed by atoms with Crippen molar-refractivity contribution in [1.82, 2.24) is 0 Å². The van der Waals surface area contributed by atoms with Crippen molar-refractivity contribution in [2.24, 2.45) is 0 Å². The molecule has 0 aliphatic heterocycles. The summed E-state index contributed by atoms with van der Waals surface area (Å²) < 4.78 is 5.22. The van der Waals surface area contributed by atoms with Crippen LogP contribution in [0.15, 0.2) is 0 Å². The Labute approximate surface area is 183 Å². The van der Waals surface area contributed by atoms with Crippen LogP contribution in [0.4, 0.5) is 0 Å². The summed E-state index contributed by atoms with van der Waals surface area (Å²) in [7, 11) is 1.23. The van der Waals surface area contributed by atoms with Gasteiger partial charge in [0, 0.05) is 0 Å². The molecule has 166 valence electrons. The van der Waals surface area contributed by atoms with Crippen LogP contribution in [0.25, 0.3) is 0 Å². The van der Waals surface area contributed by atoms with E-state index in [0.29, 0.717) is 22.6 Å². The van der Waals surface area contributed by atoms with E-state index in [2.05, 4.69) is 76.2 Å². The third-order valence-electron chi connectivity index (χ3n) is 6.28. The van der Waals surface area contributed by atoms with Crippen molar-refractivity contribution >= 4 is 21.8 Å². The Hall–Kier alpha value is -0.450. The van der Waals surface area contributed by atoms with Gasteiger partial charge in [0.15, 0.2) is 0 Å². The van der Waals surface area contributed by atoms with Gasteiger partial charge < -0.3 is 4.74 Å². The van der Waals surface area contributed by atoms with E-state index in [9.17, 15) is 4.79 Å². The first kappa shape index (κ1) is 26.6. The minimum Gasteiger partial charge on any atom is -0.465 e. The van der Waals surface area contributed by atoms with E-state index in [0.717, 1.165) is 29.0 Å². The van der Waals surface area contributed by atoms with E-state index >= 15 is 0 Å². The number of hydrogen-bond acceptors (Lipinski definition) is 2. The average Bonchev–Trinajstić information content (AvgIpc) is 2.59. The molecule has 0 aromatic heterocycles. The predicted octanol–water partition coefficient (Wildman–Crippen LogP) is 8.00. The highest BCUT2D eigenvalue weighted by molar-refractivity contribution is 7.58. The maximum atomic E-state index is 12.8. The van der Waals surface area contributed by atoms with Gasteiger partial charge in [-0.25, -0.2) is 4.79 Å². The van der Waals surface area contributed by atoms with Crippen molar-refractivity contribution in [2.75, 3.05) is 7.11 Å². The van der Waals surface area contributed by atoms with E-state index in [1.54, 1.807) is 0 Å². The van der Waals surface area contributed by atoms with Crippen LogP contribution >= 0.6 is 15.8 Å². The van der Waals surface area contributed by atoms with E-state index in [4.69, 9.17) is 4.74 Å². The van der Waals surface area contributed by atoms with Crippen LogP contribution in [0.3, 0.4) is 0 Å². The van der Waals surface area contributed by atoms with Crippen molar-refractivity contribution < 1.29 is 9.53 Å². The normalized spacial score (nSPS) is 12.3. The number of esters is 1. The lowest BCUT2D eigenvalue weighted by Crippen LogP contribution is -2.16. The largest absolute Gasteiger partial charge is 0.465 e. The van der Waals surface area contributed by atoms with Gasteiger partial charge in [0.25, 0.3) is 0 Å². The summed E-state index contributed by atoms with van der Waals surface area (Å²) in [6, 6.07) is 0. The Bertz CT molecular complexity index is 640. The number of methoxy groups -OCH3 is 1. The number of benzene rings is 1. The molecular formula is C25H44O2P2. The molecule has 0 N–H and O–H groups in total. The fraction of sp³-hybridized carbons (Fsp3) is 0.720. The zero-order valence-corrected chi connectivity index (χ0v) is 22.7. The second-order valence-corrected chi connectivity index (χ2v) is 16.2. The van der Waals surface area contributed by atoms with E-state index in [1.807, 2.05) is 0 Å². The standard InChI is InChI=1S/C25H44O2P2/c1-15(2)28(16(3)4)13-22-19(9)23(14-29(17(5)6)18(7)8)21(11)24(20(22)10)25(26)27-12/h15-18H,13-14H2,1-12H3. The van der Waals surface area contributed by atoms with Crippen LogP contribution in [-0.2, 0) is 17.1 Å². The monoisotopic (exact) mass is 438 g/mol. The molecule has 0 unspecified atom stereocenters. The lowest BCUT2D eigenvalue weighted by atomic mass is 9.89. The molecule has 0 radical (unpaired) electrons. The second-order valence-electron chi connectivity index (χ2n) is 9.42. The minimum atomic E-state index is -0.181. The third-order valence-corrected chi connectivity index (χ3v) is 13.0. The fourth-order valence-corrected chi connectivity index (χ4v) is 10.0. The summed E-state index contributed by atoms with van der Waals surface area (Å²) in [6.45, 7) is 25.4. The van der Waals surface area contributed by atoms with Crippen molar-refractivity contribution in [3.05, 3.63) is 33.4 Å². The molecule has 0 atom stereocenters. The molecule has 1 aromatic rings. The van der Waals surface area contributed by atoms with Gasteiger partial charge in [0.05, 0.1) is 12.7 Å². The summed E-state index contributed by atoms with van der Waals surface area (Å²) in [5.74, 6) is -0.181. The Kier molecular flexibility index (Phi) is 10.3. The topological polar surface area (TPSA) is 26.3 Å². The summed E-state index contributed by atoms with van der Waals surface area (Å²) in [5.41, 5.74) is 10.0. The highest BCUT2D eigenvalue weighted by atomic mass is 31.1. The van der Waals surface area contributed by atoms with Gasteiger partial charge in [-0.1, -0.05) is 71.2 Å². The van der Waals surface area contributed by atoms with Crippen molar-refractivity contribution in [1.29, 1.82) is 0 Å². The van der Waals surface area contributed by atoms with E-state index in [-0.39, 0.29) is 21.8 Å². The molecular weight excluding hydrogens is 394 g/mol. The quantitative estimate of drug-likeness (QED) is 0.288. The minimum absolute atomic E-state index is 0.137. The molecule has 29 heavy (non-hydrogen) atoms. The molecule has 1 aromatic carbocycles. The lowest BCUT2D eigenvalue weighted by molar-refractivity contribution is 0.0599. The second kappa shape index (κ2) is 11.2. The zero-order chi connectivity index (χ0) is 22.6. The van der Waals surface area contributed by atoms with Crippen LogP contribution in [-0.4, -0.2) is 35.7 Å². The van der Waals surface area contributed by atoms with Gasteiger partial charge in [-0.2, -0.15) is 0 Å². The SMILES string of the molecule is COC(=O)c1c(C)c(CP(C(C)C)C(C)C)c(C)c(CP(C(C)C)C(C)C)c1C. The molecule has 0 aliphatic carbocycles. The van der Waals surface area contributed by atoms with Gasteiger partial charge in [0.1, 0.15) is 0 Å². The number of carbonyl (C=O) groups is 1. The molecule has 0 fully saturated rings. The smallest absolute Gasteiger partial charge is 0.338 e. The van der Waals surface area contributed by atoms with Crippen molar-refractivity contribution in [3.63, 3.8) is 0 Å². The Balaban J connectivity index is 3.70. The van der Waals surface area contributed by atoms with Gasteiger partial charge in [-0.05, 0) is 83.5 Å². The molecule has 0 amide bonds. The highest BCUT2D eigenvalue weighted by Crippen LogP contribution is 2.53. The average molecular weight is 439 g/mol. The highest BCUT2D eigenvalue weighted by Gasteiger charge is 2.27. The molecule has 1 rings (SSSR count). The number of rotatable bonds is 9. The van der Waals surface area contributed by atoms with Crippen molar-refractivity contribution in [2.45, 2.75) is 111 Å². The summed E-state index contributed by atoms with van der Waals surface area (Å²) >= 11 is 0. The zero-order valence-electron chi connectivity index (χ0n) is 20.9. The first-order valence-electron chi connectivity index (χ1n) is 11.1. The molecule has 4 heteroatoms. The van der Waals surface area contributed by atoms with Crippen LogP contribution in [0, 0.1) is 20.8 Å². The van der Waals surface area contributed by atoms with E-state index < -0.39 is 0 Å². The van der Waals surface area contributed by atoms with Gasteiger partial charge >= 0.3 is 5.97 Å². The molecule has 0 saturated carbocycles. The maximum absolute atomic E-state index is 12.8. The lowest BCUT2D eigenvalue weighted by Gasteiger charge is -2.32. The fourth-order valence-electron chi connectivity index (χ4n) is 4.50. The van der Waals surface area contributed by atoms with Crippen LogP contribution < -0.4 is 0 Å². The third kappa shape index (κ3) is 6.27. The van der Waals surface area contributed by atoms with Gasteiger partial charge in [-0.3, -0.25) is 0 Å². The van der Waals surface area contributed by atoms with Gasteiger partial charge in [-0.15, -0.1) is 0 Å². The van der Waals surface area contributed by atoms with Crippen LogP contribution in [0.5, 0.6) is 0 Å². The number of carbonyl (C=O) groups excluding carboxylic acids is 1. The molecule has 0 bridgehead atoms. The summed E-state index contributed by atoms with van der Waals surface area (Å²) in [5, 5.41) is 0. The Morgan fingerprint density at radius 1 is 0.690 bits per heavy atom. The molecule has 0 spiro atoms. The molecule has 0 saturated heterocycles. The first-order chi connectivity index (χ1) is 13.3. The van der Waals surface area contributed by atoms with Gasteiger partial charge in [0.2, 0.25) is 0 Å². The van der Waals surface area contributed by atoms with Crippen molar-refractivity contribution in [3.8, 4) is 0 Å². The number of hydrogen-bond donors (Lipinski definition) is 0. The molecule has 0 heterocycles.